The van der Waals surface area contributed by atoms with E-state index in [2.05, 4.69) is 36.2 Å². The van der Waals surface area contributed by atoms with Crippen LogP contribution in [0.25, 0.3) is 0 Å². The van der Waals surface area contributed by atoms with Crippen molar-refractivity contribution in [3.05, 3.63) is 11.7 Å². The SMILES string of the molecule is CCNC(C)c1nc(C2CCC(CC)CC2)no1. The summed E-state index contributed by atoms with van der Waals surface area (Å²) in [5, 5.41) is 7.47. The molecule has 0 amide bonds. The molecule has 1 aromatic heterocycles. The van der Waals surface area contributed by atoms with Gasteiger partial charge in [-0.25, -0.2) is 0 Å². The highest BCUT2D eigenvalue weighted by Crippen LogP contribution is 2.35. The highest BCUT2D eigenvalue weighted by molar-refractivity contribution is 4.99. The van der Waals surface area contributed by atoms with Crippen LogP contribution in [0.2, 0.25) is 0 Å². The summed E-state index contributed by atoms with van der Waals surface area (Å²) in [6.07, 6.45) is 6.36. The van der Waals surface area contributed by atoms with Gasteiger partial charge in [0.2, 0.25) is 5.89 Å². The molecule has 0 radical (unpaired) electrons. The molecule has 1 saturated carbocycles. The quantitative estimate of drug-likeness (QED) is 0.871. The van der Waals surface area contributed by atoms with E-state index in [1.807, 2.05) is 0 Å². The minimum atomic E-state index is 0.156. The lowest BCUT2D eigenvalue weighted by molar-refractivity contribution is 0.300. The molecule has 1 unspecified atom stereocenters. The Kier molecular flexibility index (Phi) is 4.75. The summed E-state index contributed by atoms with van der Waals surface area (Å²) in [6.45, 7) is 7.35. The van der Waals surface area contributed by atoms with Gasteiger partial charge in [0.15, 0.2) is 5.82 Å². The molecule has 1 heterocycles. The zero-order valence-corrected chi connectivity index (χ0v) is 11.8. The van der Waals surface area contributed by atoms with Crippen molar-refractivity contribution in [3.63, 3.8) is 0 Å². The fraction of sp³-hybridized carbons (Fsp3) is 0.857. The van der Waals surface area contributed by atoms with Gasteiger partial charge in [0.1, 0.15) is 0 Å². The molecule has 0 saturated heterocycles. The number of hydrogen-bond donors (Lipinski definition) is 1. The third-order valence-electron chi connectivity index (χ3n) is 4.13. The Labute approximate surface area is 110 Å². The van der Waals surface area contributed by atoms with Crippen molar-refractivity contribution in [2.24, 2.45) is 5.92 Å². The van der Waals surface area contributed by atoms with Crippen LogP contribution in [0.1, 0.15) is 76.6 Å². The molecule has 1 fully saturated rings. The highest BCUT2D eigenvalue weighted by atomic mass is 16.5. The molecule has 0 bridgehead atoms. The van der Waals surface area contributed by atoms with Gasteiger partial charge in [0.05, 0.1) is 6.04 Å². The predicted molar refractivity (Wildman–Crippen MR) is 71.4 cm³/mol. The van der Waals surface area contributed by atoms with Crippen LogP contribution in [-0.2, 0) is 0 Å². The van der Waals surface area contributed by atoms with Crippen LogP contribution in [0.15, 0.2) is 4.52 Å². The van der Waals surface area contributed by atoms with E-state index in [0.717, 1.165) is 24.2 Å². The average molecular weight is 251 g/mol. The molecule has 0 aliphatic heterocycles. The van der Waals surface area contributed by atoms with Crippen LogP contribution in [-0.4, -0.2) is 16.7 Å². The molecule has 2 rings (SSSR count). The van der Waals surface area contributed by atoms with E-state index in [4.69, 9.17) is 4.52 Å². The number of aromatic nitrogens is 2. The van der Waals surface area contributed by atoms with Crippen molar-refractivity contribution < 1.29 is 4.52 Å². The molecule has 0 spiro atoms. The van der Waals surface area contributed by atoms with Crippen molar-refractivity contribution in [3.8, 4) is 0 Å². The van der Waals surface area contributed by atoms with Crippen LogP contribution in [0.3, 0.4) is 0 Å². The zero-order chi connectivity index (χ0) is 13.0. The first kappa shape index (κ1) is 13.5. The van der Waals surface area contributed by atoms with Crippen molar-refractivity contribution in [2.75, 3.05) is 6.54 Å². The maximum atomic E-state index is 5.36. The Morgan fingerprint density at radius 3 is 2.61 bits per heavy atom. The Bertz CT molecular complexity index is 356. The first-order chi connectivity index (χ1) is 8.74. The van der Waals surface area contributed by atoms with Crippen LogP contribution in [0.5, 0.6) is 0 Å². The summed E-state index contributed by atoms with van der Waals surface area (Å²) in [4.78, 5) is 4.56. The van der Waals surface area contributed by atoms with Crippen molar-refractivity contribution in [1.29, 1.82) is 0 Å². The number of nitrogens with zero attached hydrogens (tertiary/aromatic N) is 2. The molecular weight excluding hydrogens is 226 g/mol. The standard InChI is InChI=1S/C14H25N3O/c1-4-11-6-8-12(9-7-11)13-16-14(18-17-13)10(3)15-5-2/h10-12,15H,4-9H2,1-3H3. The van der Waals surface area contributed by atoms with Crippen molar-refractivity contribution in [2.45, 2.75) is 64.8 Å². The topological polar surface area (TPSA) is 51.0 Å². The van der Waals surface area contributed by atoms with E-state index < -0.39 is 0 Å². The van der Waals surface area contributed by atoms with E-state index in [0.29, 0.717) is 5.92 Å². The molecule has 1 atom stereocenters. The molecule has 1 aliphatic carbocycles. The first-order valence-electron chi connectivity index (χ1n) is 7.31. The molecule has 102 valence electrons. The van der Waals surface area contributed by atoms with Crippen LogP contribution in [0, 0.1) is 5.92 Å². The van der Waals surface area contributed by atoms with Crippen LogP contribution in [0.4, 0.5) is 0 Å². The average Bonchev–Trinajstić information content (AvgIpc) is 2.89. The van der Waals surface area contributed by atoms with Gasteiger partial charge < -0.3 is 9.84 Å². The molecule has 4 heteroatoms. The molecular formula is C14H25N3O. The Balaban J connectivity index is 1.94. The number of hydrogen-bond acceptors (Lipinski definition) is 4. The maximum absolute atomic E-state index is 5.36. The largest absolute Gasteiger partial charge is 0.338 e. The van der Waals surface area contributed by atoms with Crippen LogP contribution < -0.4 is 5.32 Å². The Hall–Kier alpha value is -0.900. The van der Waals surface area contributed by atoms with Gasteiger partial charge in [-0.05, 0) is 45.1 Å². The van der Waals surface area contributed by atoms with Crippen molar-refractivity contribution >= 4 is 0 Å². The van der Waals surface area contributed by atoms with Gasteiger partial charge in [-0.2, -0.15) is 4.98 Å². The lowest BCUT2D eigenvalue weighted by Gasteiger charge is -2.25. The van der Waals surface area contributed by atoms with Crippen molar-refractivity contribution in [1.82, 2.24) is 15.5 Å². The highest BCUT2D eigenvalue weighted by Gasteiger charge is 2.25. The fourth-order valence-electron chi connectivity index (χ4n) is 2.81. The molecule has 1 aromatic rings. The Morgan fingerprint density at radius 1 is 1.28 bits per heavy atom. The van der Waals surface area contributed by atoms with Crippen LogP contribution >= 0.6 is 0 Å². The van der Waals surface area contributed by atoms with E-state index in [-0.39, 0.29) is 6.04 Å². The van der Waals surface area contributed by atoms with Gasteiger partial charge in [-0.1, -0.05) is 25.4 Å². The minimum absolute atomic E-state index is 0.156. The maximum Gasteiger partial charge on any atom is 0.243 e. The Morgan fingerprint density at radius 2 is 2.00 bits per heavy atom. The first-order valence-corrected chi connectivity index (χ1v) is 7.31. The summed E-state index contributed by atoms with van der Waals surface area (Å²) in [5.41, 5.74) is 0. The van der Waals surface area contributed by atoms with E-state index in [1.54, 1.807) is 0 Å². The molecule has 1 N–H and O–H groups in total. The third-order valence-corrected chi connectivity index (χ3v) is 4.13. The second-order valence-corrected chi connectivity index (χ2v) is 5.40. The minimum Gasteiger partial charge on any atom is -0.338 e. The second kappa shape index (κ2) is 6.32. The van der Waals surface area contributed by atoms with E-state index in [9.17, 15) is 0 Å². The summed E-state index contributed by atoms with van der Waals surface area (Å²) in [7, 11) is 0. The third kappa shape index (κ3) is 3.10. The van der Waals surface area contributed by atoms with Gasteiger partial charge in [-0.3, -0.25) is 0 Å². The zero-order valence-electron chi connectivity index (χ0n) is 11.8. The van der Waals surface area contributed by atoms with Gasteiger partial charge in [0, 0.05) is 5.92 Å². The normalized spacial score (nSPS) is 26.2. The second-order valence-electron chi connectivity index (χ2n) is 5.40. The lowest BCUT2D eigenvalue weighted by atomic mass is 9.80. The fourth-order valence-corrected chi connectivity index (χ4v) is 2.81. The van der Waals surface area contributed by atoms with Gasteiger partial charge >= 0.3 is 0 Å². The number of rotatable bonds is 5. The molecule has 0 aromatic carbocycles. The molecule has 4 nitrogen and oxygen atoms in total. The smallest absolute Gasteiger partial charge is 0.243 e. The lowest BCUT2D eigenvalue weighted by Crippen LogP contribution is -2.18. The number of nitrogens with one attached hydrogen (secondary N) is 1. The summed E-state index contributed by atoms with van der Waals surface area (Å²) >= 11 is 0. The summed E-state index contributed by atoms with van der Waals surface area (Å²) in [6, 6.07) is 0.156. The summed E-state index contributed by atoms with van der Waals surface area (Å²) in [5.74, 6) is 3.07. The summed E-state index contributed by atoms with van der Waals surface area (Å²) < 4.78 is 5.36. The monoisotopic (exact) mass is 251 g/mol. The van der Waals surface area contributed by atoms with E-state index >= 15 is 0 Å². The molecule has 1 aliphatic rings. The van der Waals surface area contributed by atoms with Gasteiger partial charge in [0.25, 0.3) is 0 Å². The predicted octanol–water partition coefficient (Wildman–Crippen LogP) is 3.42. The van der Waals surface area contributed by atoms with Gasteiger partial charge in [-0.15, -0.1) is 0 Å². The molecule has 18 heavy (non-hydrogen) atoms. The van der Waals surface area contributed by atoms with E-state index in [1.165, 1.54) is 32.1 Å².